The zero-order chi connectivity index (χ0) is 29.4. The monoisotopic (exact) mass is 572 g/mol. The molecule has 1 rings (SSSR count). The van der Waals surface area contributed by atoms with Gasteiger partial charge in [-0.25, -0.2) is 0 Å². The fourth-order valence-corrected chi connectivity index (χ4v) is 7.57. The van der Waals surface area contributed by atoms with Gasteiger partial charge >= 0.3 is 0 Å². The number of hydrogen-bond acceptors (Lipinski definition) is 5. The van der Waals surface area contributed by atoms with Crippen LogP contribution in [0.15, 0.2) is 12.2 Å². The Balaban J connectivity index is 3.37. The van der Waals surface area contributed by atoms with Crippen molar-refractivity contribution < 1.29 is 23.4 Å². The Labute approximate surface area is 238 Å². The summed E-state index contributed by atoms with van der Waals surface area (Å²) in [5.41, 5.74) is 0. The molecule has 5 nitrogen and oxygen atoms in total. The maximum absolute atomic E-state index is 10.1. The van der Waals surface area contributed by atoms with Crippen LogP contribution in [-0.2, 0) is 18.3 Å². The van der Waals surface area contributed by atoms with E-state index in [0.29, 0.717) is 6.61 Å². The molecule has 0 saturated heterocycles. The second-order valence-electron chi connectivity index (χ2n) is 14.4. The number of aliphatic hydroxyl groups excluding tert-OH is 1. The first kappa shape index (κ1) is 36.0. The second-order valence-corrected chi connectivity index (χ2v) is 23.9. The van der Waals surface area contributed by atoms with Gasteiger partial charge in [-0.3, -0.25) is 0 Å². The lowest BCUT2D eigenvalue weighted by Gasteiger charge is -2.40. The predicted octanol–water partition coefficient (Wildman–Crippen LogP) is 8.69. The fourth-order valence-electron chi connectivity index (χ4n) is 4.83. The van der Waals surface area contributed by atoms with Crippen LogP contribution in [0.5, 0.6) is 0 Å². The molecule has 0 spiro atoms. The molecule has 1 saturated carbocycles. The Morgan fingerprint density at radius 2 is 1.45 bits per heavy atom. The first-order chi connectivity index (χ1) is 17.4. The number of hydrogen-bond donors (Lipinski definition) is 1. The molecule has 0 heterocycles. The van der Waals surface area contributed by atoms with Gasteiger partial charge in [0.25, 0.3) is 0 Å². The van der Waals surface area contributed by atoms with E-state index in [1.165, 1.54) is 12.8 Å². The van der Waals surface area contributed by atoms with Crippen LogP contribution in [0.1, 0.15) is 101 Å². The molecule has 0 aromatic rings. The summed E-state index contributed by atoms with van der Waals surface area (Å²) >= 11 is 0. The summed E-state index contributed by atoms with van der Waals surface area (Å²) in [6, 6.07) is 0. The summed E-state index contributed by atoms with van der Waals surface area (Å²) in [5.74, 6) is 0.409. The maximum atomic E-state index is 10.1. The summed E-state index contributed by atoms with van der Waals surface area (Å²) in [7, 11) is -3.98. The summed E-state index contributed by atoms with van der Waals surface area (Å²) < 4.78 is 26.2. The van der Waals surface area contributed by atoms with Gasteiger partial charge in [0.2, 0.25) is 0 Å². The minimum Gasteiger partial charge on any atom is -0.414 e. The van der Waals surface area contributed by atoms with Crippen molar-refractivity contribution in [3.8, 4) is 0 Å². The summed E-state index contributed by atoms with van der Waals surface area (Å²) in [6.07, 6.45) is 10.7. The van der Waals surface area contributed by atoms with Crippen molar-refractivity contribution in [2.24, 2.45) is 11.8 Å². The lowest BCUT2D eigenvalue weighted by Crippen LogP contribution is -2.45. The minimum atomic E-state index is -2.00. The van der Waals surface area contributed by atoms with Crippen LogP contribution in [0.25, 0.3) is 0 Å². The summed E-state index contributed by atoms with van der Waals surface area (Å²) in [6.45, 7) is 30.2. The Morgan fingerprint density at radius 3 is 1.92 bits per heavy atom. The second kappa shape index (κ2) is 15.3. The first-order valence-corrected chi connectivity index (χ1v) is 21.1. The molecule has 1 fully saturated rings. The Kier molecular flexibility index (Phi) is 14.5. The number of ether oxygens (including phenoxy) is 2. The molecule has 0 bridgehead atoms. The topological polar surface area (TPSA) is 57.2 Å². The van der Waals surface area contributed by atoms with E-state index in [4.69, 9.17) is 18.3 Å². The van der Waals surface area contributed by atoms with E-state index in [0.717, 1.165) is 25.7 Å². The molecule has 7 heteroatoms. The van der Waals surface area contributed by atoms with E-state index in [1.54, 1.807) is 0 Å². The van der Waals surface area contributed by atoms with Crippen LogP contribution in [0.2, 0.25) is 36.3 Å². The lowest BCUT2D eigenvalue weighted by molar-refractivity contribution is -0.147. The van der Waals surface area contributed by atoms with Crippen LogP contribution in [0.4, 0.5) is 0 Å². The van der Waals surface area contributed by atoms with Crippen molar-refractivity contribution in [1.82, 2.24) is 0 Å². The van der Waals surface area contributed by atoms with Crippen LogP contribution in [0, 0.1) is 11.8 Å². The van der Waals surface area contributed by atoms with Crippen molar-refractivity contribution in [2.45, 2.75) is 162 Å². The Hall–Kier alpha value is -0.0262. The van der Waals surface area contributed by atoms with Crippen LogP contribution < -0.4 is 0 Å². The number of rotatable bonds is 16. The highest BCUT2D eigenvalue weighted by Gasteiger charge is 2.50. The van der Waals surface area contributed by atoms with Gasteiger partial charge < -0.3 is 23.4 Å². The molecular weight excluding hydrogens is 509 g/mol. The third-order valence-electron chi connectivity index (χ3n) is 9.24. The van der Waals surface area contributed by atoms with Gasteiger partial charge in [-0.15, -0.1) is 0 Å². The fraction of sp³-hybridized carbons (Fsp3) is 0.935. The molecule has 1 aliphatic rings. The SMILES string of the molecule is CCCCC[C@@H](/C=C/[C@@H]1[C@H](CCO)[C@@H](O[Si](C)(C)C(C)(C)C)C[C@H]1O[Si](C)(C)C(C)(C)C)OC(C)OCC. The molecular formula is C31H64O5Si2. The van der Waals surface area contributed by atoms with E-state index in [1.807, 2.05) is 13.8 Å². The molecule has 226 valence electrons. The molecule has 0 aromatic carbocycles. The van der Waals surface area contributed by atoms with Crippen molar-refractivity contribution in [3.63, 3.8) is 0 Å². The average Bonchev–Trinajstić information content (AvgIpc) is 3.05. The van der Waals surface area contributed by atoms with Crippen molar-refractivity contribution >= 4 is 16.6 Å². The van der Waals surface area contributed by atoms with Gasteiger partial charge in [0.15, 0.2) is 22.9 Å². The standard InChI is InChI=1S/C31H64O5Si2/c1-14-16-17-18-25(34-24(3)33-15-2)19-20-26-27(21-22-32)29(36-38(12,13)31(7,8)9)23-28(26)35-37(10,11)30(4,5)6/h19-20,24-29,32H,14-18,21-23H2,1-13H3/b20-19+/t24?,25-,26+,27-,28+,29-/m0/s1. The van der Waals surface area contributed by atoms with E-state index < -0.39 is 16.6 Å². The molecule has 6 atom stereocenters. The quantitative estimate of drug-likeness (QED) is 0.0867. The van der Waals surface area contributed by atoms with Gasteiger partial charge in [0, 0.05) is 19.1 Å². The summed E-state index contributed by atoms with van der Waals surface area (Å²) in [5, 5.41) is 10.4. The summed E-state index contributed by atoms with van der Waals surface area (Å²) in [4.78, 5) is 0. The van der Waals surface area contributed by atoms with Crippen LogP contribution >= 0.6 is 0 Å². The largest absolute Gasteiger partial charge is 0.414 e. The van der Waals surface area contributed by atoms with Crippen molar-refractivity contribution in [3.05, 3.63) is 12.2 Å². The molecule has 0 radical (unpaired) electrons. The molecule has 1 N–H and O–H groups in total. The highest BCUT2D eigenvalue weighted by atomic mass is 28.4. The number of unbranched alkanes of at least 4 members (excludes halogenated alkanes) is 2. The third kappa shape index (κ3) is 10.8. The Bertz CT molecular complexity index is 695. The van der Waals surface area contributed by atoms with Gasteiger partial charge in [-0.05, 0) is 75.3 Å². The zero-order valence-electron chi connectivity index (χ0n) is 27.4. The first-order valence-electron chi connectivity index (χ1n) is 15.3. The maximum Gasteiger partial charge on any atom is 0.192 e. The molecule has 1 aliphatic carbocycles. The zero-order valence-corrected chi connectivity index (χ0v) is 29.4. The molecule has 38 heavy (non-hydrogen) atoms. The highest BCUT2D eigenvalue weighted by Crippen LogP contribution is 2.47. The van der Waals surface area contributed by atoms with Gasteiger partial charge in [0.05, 0.1) is 18.3 Å². The van der Waals surface area contributed by atoms with E-state index in [-0.39, 0.29) is 53.1 Å². The molecule has 0 aliphatic heterocycles. The molecule has 0 amide bonds. The van der Waals surface area contributed by atoms with E-state index in [2.05, 4.69) is 86.8 Å². The average molecular weight is 573 g/mol. The van der Waals surface area contributed by atoms with Crippen molar-refractivity contribution in [2.75, 3.05) is 13.2 Å². The van der Waals surface area contributed by atoms with Gasteiger partial charge in [0.1, 0.15) is 0 Å². The smallest absolute Gasteiger partial charge is 0.192 e. The van der Waals surface area contributed by atoms with Gasteiger partial charge in [-0.1, -0.05) is 79.9 Å². The Morgan fingerprint density at radius 1 is 0.895 bits per heavy atom. The number of aliphatic hydroxyl groups is 1. The van der Waals surface area contributed by atoms with Gasteiger partial charge in [-0.2, -0.15) is 0 Å². The van der Waals surface area contributed by atoms with Crippen LogP contribution in [-0.4, -0.2) is 59.6 Å². The lowest BCUT2D eigenvalue weighted by atomic mass is 9.90. The van der Waals surface area contributed by atoms with E-state index in [9.17, 15) is 5.11 Å². The third-order valence-corrected chi connectivity index (χ3v) is 18.2. The predicted molar refractivity (Wildman–Crippen MR) is 167 cm³/mol. The van der Waals surface area contributed by atoms with E-state index >= 15 is 0 Å². The molecule has 1 unspecified atom stereocenters. The van der Waals surface area contributed by atoms with Crippen LogP contribution in [0.3, 0.4) is 0 Å². The normalized spacial score (nSPS) is 25.3. The highest BCUT2D eigenvalue weighted by molar-refractivity contribution is 6.74. The molecule has 0 aromatic heterocycles. The van der Waals surface area contributed by atoms with Crippen molar-refractivity contribution in [1.29, 1.82) is 0 Å². The minimum absolute atomic E-state index is 0.00626.